The van der Waals surface area contributed by atoms with E-state index >= 15 is 0 Å². The van der Waals surface area contributed by atoms with Crippen LogP contribution in [0.4, 0.5) is 0 Å². The predicted octanol–water partition coefficient (Wildman–Crippen LogP) is 7.34. The zero-order chi connectivity index (χ0) is 24.0. The Morgan fingerprint density at radius 1 is 0.812 bits per heavy atom. The molecule has 0 aliphatic heterocycles. The highest BCUT2D eigenvalue weighted by Crippen LogP contribution is 2.38. The van der Waals surface area contributed by atoms with E-state index in [2.05, 4.69) is 6.92 Å². The largest absolute Gasteiger partial charge is 0.480 e. The number of rotatable bonds is 18. The SMILES string of the molecule is CCCCCCCCCCCCCCCCC(C(=O)O)(c1cccc(C)c1C)S(=O)(=O)O. The maximum atomic E-state index is 12.3. The molecule has 0 aliphatic rings. The second-order valence-corrected chi connectivity index (χ2v) is 10.8. The molecule has 0 fully saturated rings. The van der Waals surface area contributed by atoms with Gasteiger partial charge >= 0.3 is 5.97 Å². The van der Waals surface area contributed by atoms with Gasteiger partial charge in [0.05, 0.1) is 0 Å². The van der Waals surface area contributed by atoms with Crippen LogP contribution >= 0.6 is 0 Å². The minimum absolute atomic E-state index is 0.122. The van der Waals surface area contributed by atoms with E-state index in [1.807, 2.05) is 13.0 Å². The molecule has 184 valence electrons. The number of aliphatic carboxylic acids is 1. The molecule has 6 heteroatoms. The predicted molar refractivity (Wildman–Crippen MR) is 132 cm³/mol. The molecular weight excluding hydrogens is 424 g/mol. The minimum atomic E-state index is -4.84. The molecule has 2 N–H and O–H groups in total. The molecule has 0 aromatic heterocycles. The van der Waals surface area contributed by atoms with E-state index in [4.69, 9.17) is 0 Å². The molecule has 32 heavy (non-hydrogen) atoms. The van der Waals surface area contributed by atoms with Crippen molar-refractivity contribution in [2.24, 2.45) is 0 Å². The van der Waals surface area contributed by atoms with Crippen LogP contribution in [0.5, 0.6) is 0 Å². The molecule has 0 aliphatic carbocycles. The van der Waals surface area contributed by atoms with Crippen molar-refractivity contribution in [1.82, 2.24) is 0 Å². The standard InChI is InChI=1S/C26H44O5S/c1-4-5-6-7-8-9-10-11-12-13-14-15-16-17-21-26(25(27)28,32(29,30)31)24-20-18-19-22(2)23(24)3/h18-20H,4-17,21H2,1-3H3,(H,27,28)(H,29,30,31). The summed E-state index contributed by atoms with van der Waals surface area (Å²) in [6.45, 7) is 5.75. The van der Waals surface area contributed by atoms with Gasteiger partial charge in [0.25, 0.3) is 10.1 Å². The van der Waals surface area contributed by atoms with Crippen molar-refractivity contribution in [2.45, 2.75) is 122 Å². The molecule has 0 saturated heterocycles. The van der Waals surface area contributed by atoms with E-state index in [-0.39, 0.29) is 12.0 Å². The summed E-state index contributed by atoms with van der Waals surface area (Å²) in [5, 5.41) is 9.89. The summed E-state index contributed by atoms with van der Waals surface area (Å²) in [7, 11) is -4.84. The van der Waals surface area contributed by atoms with Crippen molar-refractivity contribution in [3.05, 3.63) is 34.9 Å². The maximum Gasteiger partial charge on any atom is 0.332 e. The van der Waals surface area contributed by atoms with Crippen molar-refractivity contribution in [3.63, 3.8) is 0 Å². The van der Waals surface area contributed by atoms with Crippen LogP contribution in [0.25, 0.3) is 0 Å². The monoisotopic (exact) mass is 468 g/mol. The molecule has 1 atom stereocenters. The summed E-state index contributed by atoms with van der Waals surface area (Å²) in [6, 6.07) is 4.96. The minimum Gasteiger partial charge on any atom is -0.480 e. The van der Waals surface area contributed by atoms with Gasteiger partial charge in [0.15, 0.2) is 0 Å². The first-order valence-electron chi connectivity index (χ1n) is 12.5. The first-order valence-corrected chi connectivity index (χ1v) is 13.9. The molecular formula is C26H44O5S. The van der Waals surface area contributed by atoms with Crippen molar-refractivity contribution < 1.29 is 22.9 Å². The van der Waals surface area contributed by atoms with Crippen molar-refractivity contribution in [3.8, 4) is 0 Å². The van der Waals surface area contributed by atoms with Crippen LogP contribution in [0, 0.1) is 13.8 Å². The molecule has 0 saturated carbocycles. The number of benzene rings is 1. The Morgan fingerprint density at radius 2 is 1.25 bits per heavy atom. The molecule has 1 rings (SSSR count). The van der Waals surface area contributed by atoms with Crippen LogP contribution in [-0.2, 0) is 19.7 Å². The van der Waals surface area contributed by atoms with Gasteiger partial charge in [-0.1, -0.05) is 115 Å². The number of carbonyl (C=O) groups is 1. The van der Waals surface area contributed by atoms with Crippen LogP contribution in [-0.4, -0.2) is 24.0 Å². The zero-order valence-corrected chi connectivity index (χ0v) is 21.2. The highest BCUT2D eigenvalue weighted by molar-refractivity contribution is 7.87. The van der Waals surface area contributed by atoms with Gasteiger partial charge in [-0.05, 0) is 37.0 Å². The van der Waals surface area contributed by atoms with Crippen LogP contribution < -0.4 is 0 Å². The fourth-order valence-corrected chi connectivity index (χ4v) is 5.61. The molecule has 1 unspecified atom stereocenters. The summed E-state index contributed by atoms with van der Waals surface area (Å²) in [5.74, 6) is -1.51. The second kappa shape index (κ2) is 14.7. The van der Waals surface area contributed by atoms with Crippen molar-refractivity contribution in [1.29, 1.82) is 0 Å². The first-order chi connectivity index (χ1) is 15.2. The van der Waals surface area contributed by atoms with Gasteiger partial charge in [-0.2, -0.15) is 8.42 Å². The molecule has 5 nitrogen and oxygen atoms in total. The van der Waals surface area contributed by atoms with Crippen LogP contribution in [0.2, 0.25) is 0 Å². The van der Waals surface area contributed by atoms with Gasteiger partial charge in [0.1, 0.15) is 0 Å². The van der Waals surface area contributed by atoms with E-state index in [9.17, 15) is 22.9 Å². The van der Waals surface area contributed by atoms with Crippen LogP contribution in [0.1, 0.15) is 120 Å². The van der Waals surface area contributed by atoms with Crippen LogP contribution in [0.15, 0.2) is 18.2 Å². The second-order valence-electron chi connectivity index (χ2n) is 9.20. The van der Waals surface area contributed by atoms with Crippen molar-refractivity contribution in [2.75, 3.05) is 0 Å². The van der Waals surface area contributed by atoms with Gasteiger partial charge < -0.3 is 5.11 Å². The number of aryl methyl sites for hydroxylation is 1. The van der Waals surface area contributed by atoms with Gasteiger partial charge in [-0.3, -0.25) is 9.35 Å². The lowest BCUT2D eigenvalue weighted by atomic mass is 9.87. The smallest absolute Gasteiger partial charge is 0.332 e. The average Bonchev–Trinajstić information content (AvgIpc) is 2.72. The van der Waals surface area contributed by atoms with Gasteiger partial charge in [-0.25, -0.2) is 0 Å². The fraction of sp³-hybridized carbons (Fsp3) is 0.731. The summed E-state index contributed by atoms with van der Waals surface area (Å²) < 4.78 is 32.3. The Morgan fingerprint density at radius 3 is 1.66 bits per heavy atom. The van der Waals surface area contributed by atoms with E-state index in [0.717, 1.165) is 31.2 Å². The summed E-state index contributed by atoms with van der Waals surface area (Å²) >= 11 is 0. The quantitative estimate of drug-likeness (QED) is 0.174. The van der Waals surface area contributed by atoms with Gasteiger partial charge in [0.2, 0.25) is 4.75 Å². The fourth-order valence-electron chi connectivity index (χ4n) is 4.49. The van der Waals surface area contributed by atoms with E-state index < -0.39 is 20.8 Å². The molecule has 0 radical (unpaired) electrons. The third kappa shape index (κ3) is 8.51. The maximum absolute atomic E-state index is 12.3. The molecule has 1 aromatic carbocycles. The number of unbranched alkanes of at least 4 members (excludes halogenated alkanes) is 13. The number of hydrogen-bond acceptors (Lipinski definition) is 3. The molecule has 0 bridgehead atoms. The Bertz CT molecular complexity index is 787. The lowest BCUT2D eigenvalue weighted by Gasteiger charge is -2.29. The average molecular weight is 469 g/mol. The third-order valence-electron chi connectivity index (χ3n) is 6.71. The molecule has 0 amide bonds. The number of carboxylic acids is 1. The molecule has 1 aromatic rings. The zero-order valence-electron chi connectivity index (χ0n) is 20.4. The highest BCUT2D eigenvalue weighted by Gasteiger charge is 2.52. The Labute approximate surface area is 195 Å². The summed E-state index contributed by atoms with van der Waals surface area (Å²) in [6.07, 6.45) is 16.1. The molecule has 0 heterocycles. The topological polar surface area (TPSA) is 91.7 Å². The van der Waals surface area contributed by atoms with E-state index in [1.165, 1.54) is 63.9 Å². The molecule has 0 spiro atoms. The first kappa shape index (κ1) is 28.6. The summed E-state index contributed by atoms with van der Waals surface area (Å²) in [4.78, 5) is 12.2. The highest BCUT2D eigenvalue weighted by atomic mass is 32.2. The summed E-state index contributed by atoms with van der Waals surface area (Å²) in [5.41, 5.74) is 1.57. The van der Waals surface area contributed by atoms with Gasteiger partial charge in [0, 0.05) is 0 Å². The van der Waals surface area contributed by atoms with E-state index in [0.29, 0.717) is 12.0 Å². The number of carboxylic acid groups (broad SMARTS) is 1. The third-order valence-corrected chi connectivity index (χ3v) is 8.19. The van der Waals surface area contributed by atoms with Crippen LogP contribution in [0.3, 0.4) is 0 Å². The lowest BCUT2D eigenvalue weighted by molar-refractivity contribution is -0.140. The Hall–Kier alpha value is -1.40. The number of hydrogen-bond donors (Lipinski definition) is 2. The normalized spacial score (nSPS) is 13.8. The van der Waals surface area contributed by atoms with E-state index in [1.54, 1.807) is 13.0 Å². The van der Waals surface area contributed by atoms with Crippen molar-refractivity contribution >= 4 is 16.1 Å². The van der Waals surface area contributed by atoms with Gasteiger partial charge in [-0.15, -0.1) is 0 Å². The Kier molecular flexibility index (Phi) is 13.1. The lowest BCUT2D eigenvalue weighted by Crippen LogP contribution is -2.44. The Balaban J connectivity index is 2.44.